The third-order valence-corrected chi connectivity index (χ3v) is 7.18. The minimum absolute atomic E-state index is 0.0169. The van der Waals surface area contributed by atoms with Gasteiger partial charge >= 0.3 is 0 Å². The van der Waals surface area contributed by atoms with Crippen molar-refractivity contribution in [2.24, 2.45) is 4.99 Å². The summed E-state index contributed by atoms with van der Waals surface area (Å²) in [5, 5.41) is 4.96. The molecule has 0 radical (unpaired) electrons. The van der Waals surface area contributed by atoms with Gasteiger partial charge in [-0.3, -0.25) is 14.5 Å². The van der Waals surface area contributed by atoms with Gasteiger partial charge < -0.3 is 5.32 Å². The number of aryl methyl sites for hydroxylation is 1. The molecule has 0 saturated carbocycles. The van der Waals surface area contributed by atoms with E-state index < -0.39 is 5.25 Å². The van der Waals surface area contributed by atoms with Gasteiger partial charge in [0.25, 0.3) is 0 Å². The number of para-hydroxylation sites is 1. The monoisotopic (exact) mass is 497 g/mol. The second-order valence-corrected chi connectivity index (χ2v) is 9.82. The fourth-order valence-corrected chi connectivity index (χ4v) is 5.23. The average molecular weight is 498 g/mol. The van der Waals surface area contributed by atoms with E-state index in [-0.39, 0.29) is 30.6 Å². The van der Waals surface area contributed by atoms with Crippen LogP contribution in [0.1, 0.15) is 17.5 Å². The molecule has 5 rings (SSSR count). The standard InChI is InChI=1S/C29H24FN3O2S/c1-19-6-2-5-9-25(19)32-29-33(18-20-10-13-23(30)14-11-20)28(35)26(36-29)17-27(34)31-24-15-12-21-7-3-4-8-22(21)16-24/h2-16,26H,17-18H2,1H3,(H,31,34). The quantitative estimate of drug-likeness (QED) is 0.333. The Kier molecular flexibility index (Phi) is 6.82. The number of nitrogens with one attached hydrogen (secondary N) is 1. The van der Waals surface area contributed by atoms with Crippen LogP contribution in [0.2, 0.25) is 0 Å². The Hall–Kier alpha value is -3.97. The average Bonchev–Trinajstić information content (AvgIpc) is 3.15. The van der Waals surface area contributed by atoms with E-state index in [9.17, 15) is 14.0 Å². The van der Waals surface area contributed by atoms with E-state index in [2.05, 4.69) is 5.32 Å². The Morgan fingerprint density at radius 2 is 1.69 bits per heavy atom. The minimum atomic E-state index is -0.603. The predicted octanol–water partition coefficient (Wildman–Crippen LogP) is 6.45. The molecule has 1 aliphatic heterocycles. The molecule has 0 aromatic heterocycles. The number of amides is 2. The Bertz CT molecular complexity index is 1470. The first-order valence-corrected chi connectivity index (χ1v) is 12.5. The molecule has 0 bridgehead atoms. The molecule has 1 atom stereocenters. The number of hydrogen-bond acceptors (Lipinski definition) is 4. The van der Waals surface area contributed by atoms with Crippen molar-refractivity contribution in [3.63, 3.8) is 0 Å². The predicted molar refractivity (Wildman–Crippen MR) is 144 cm³/mol. The fourth-order valence-electron chi connectivity index (χ4n) is 4.08. The smallest absolute Gasteiger partial charge is 0.242 e. The third kappa shape index (κ3) is 5.31. The fraction of sp³-hybridized carbons (Fsp3) is 0.138. The van der Waals surface area contributed by atoms with Crippen molar-refractivity contribution in [2.45, 2.75) is 25.1 Å². The van der Waals surface area contributed by atoms with Gasteiger partial charge in [-0.05, 0) is 59.2 Å². The number of amidine groups is 1. The molecule has 1 saturated heterocycles. The van der Waals surface area contributed by atoms with Crippen molar-refractivity contribution in [2.75, 3.05) is 5.32 Å². The van der Waals surface area contributed by atoms with Crippen molar-refractivity contribution < 1.29 is 14.0 Å². The van der Waals surface area contributed by atoms with E-state index >= 15 is 0 Å². The maximum Gasteiger partial charge on any atom is 0.242 e. The van der Waals surface area contributed by atoms with E-state index in [1.807, 2.05) is 73.7 Å². The number of fused-ring (bicyclic) bond motifs is 1. The summed E-state index contributed by atoms with van der Waals surface area (Å²) in [6.07, 6.45) is 0.0169. The molecular weight excluding hydrogens is 473 g/mol. The van der Waals surface area contributed by atoms with Gasteiger partial charge in [-0.25, -0.2) is 9.38 Å². The number of benzene rings is 4. The first-order valence-electron chi connectivity index (χ1n) is 11.6. The van der Waals surface area contributed by atoms with Crippen LogP contribution in [0.4, 0.5) is 15.8 Å². The lowest BCUT2D eigenvalue weighted by Crippen LogP contribution is -2.33. The second-order valence-electron chi connectivity index (χ2n) is 8.65. The molecule has 4 aromatic rings. The number of aliphatic imine (C=N–C) groups is 1. The number of carbonyl (C=O) groups excluding carboxylic acids is 2. The first-order chi connectivity index (χ1) is 17.5. The molecule has 1 aliphatic rings. The van der Waals surface area contributed by atoms with Crippen molar-refractivity contribution in [1.29, 1.82) is 0 Å². The summed E-state index contributed by atoms with van der Waals surface area (Å²) in [6.45, 7) is 2.21. The van der Waals surface area contributed by atoms with Crippen molar-refractivity contribution in [3.8, 4) is 0 Å². The van der Waals surface area contributed by atoms with Gasteiger partial charge in [0.15, 0.2) is 5.17 Å². The van der Waals surface area contributed by atoms with Crippen LogP contribution in [0.25, 0.3) is 10.8 Å². The van der Waals surface area contributed by atoms with Gasteiger partial charge in [-0.1, -0.05) is 72.4 Å². The van der Waals surface area contributed by atoms with Gasteiger partial charge in [0, 0.05) is 12.1 Å². The molecule has 1 fully saturated rings. The van der Waals surface area contributed by atoms with Gasteiger partial charge in [-0.2, -0.15) is 0 Å². The number of hydrogen-bond donors (Lipinski definition) is 1. The maximum absolute atomic E-state index is 13.4. The first kappa shape index (κ1) is 23.8. The summed E-state index contributed by atoms with van der Waals surface area (Å²) in [7, 11) is 0. The highest BCUT2D eigenvalue weighted by Crippen LogP contribution is 2.34. The number of thioether (sulfide) groups is 1. The number of carbonyl (C=O) groups is 2. The van der Waals surface area contributed by atoms with Crippen molar-refractivity contribution in [3.05, 3.63) is 108 Å². The number of rotatable bonds is 6. The van der Waals surface area contributed by atoms with Crippen molar-refractivity contribution in [1.82, 2.24) is 4.90 Å². The molecule has 0 aliphatic carbocycles. The van der Waals surface area contributed by atoms with E-state index in [1.54, 1.807) is 17.0 Å². The van der Waals surface area contributed by atoms with E-state index in [4.69, 9.17) is 4.99 Å². The second kappa shape index (κ2) is 10.3. The van der Waals surface area contributed by atoms with Crippen LogP contribution >= 0.6 is 11.8 Å². The van der Waals surface area contributed by atoms with Gasteiger partial charge in [0.1, 0.15) is 11.1 Å². The van der Waals surface area contributed by atoms with Gasteiger partial charge in [0.05, 0.1) is 12.2 Å². The Morgan fingerprint density at radius 1 is 0.972 bits per heavy atom. The highest BCUT2D eigenvalue weighted by atomic mass is 32.2. The van der Waals surface area contributed by atoms with E-state index in [0.29, 0.717) is 10.9 Å². The molecule has 7 heteroatoms. The zero-order valence-corrected chi connectivity index (χ0v) is 20.5. The lowest BCUT2D eigenvalue weighted by molar-refractivity contribution is -0.128. The lowest BCUT2D eigenvalue weighted by Gasteiger charge is -2.17. The van der Waals surface area contributed by atoms with Crippen LogP contribution in [0, 0.1) is 12.7 Å². The van der Waals surface area contributed by atoms with Crippen LogP contribution in [-0.2, 0) is 16.1 Å². The normalized spacial score (nSPS) is 16.6. The summed E-state index contributed by atoms with van der Waals surface area (Å²) in [5.74, 6) is -0.766. The molecule has 1 heterocycles. The van der Waals surface area contributed by atoms with Crippen LogP contribution < -0.4 is 5.32 Å². The summed E-state index contributed by atoms with van der Waals surface area (Å²) in [4.78, 5) is 32.6. The number of anilines is 1. The zero-order valence-electron chi connectivity index (χ0n) is 19.6. The van der Waals surface area contributed by atoms with Crippen LogP contribution in [-0.4, -0.2) is 27.1 Å². The topological polar surface area (TPSA) is 61.8 Å². The summed E-state index contributed by atoms with van der Waals surface area (Å²) < 4.78 is 13.4. The lowest BCUT2D eigenvalue weighted by atomic mass is 10.1. The molecule has 180 valence electrons. The number of halogens is 1. The Balaban J connectivity index is 1.36. The van der Waals surface area contributed by atoms with Crippen LogP contribution in [0.3, 0.4) is 0 Å². The summed E-state index contributed by atoms with van der Waals surface area (Å²) in [5.41, 5.74) is 3.21. The molecule has 2 amide bonds. The van der Waals surface area contributed by atoms with E-state index in [0.717, 1.165) is 27.6 Å². The SMILES string of the molecule is Cc1ccccc1N=C1SC(CC(=O)Nc2ccc3ccccc3c2)C(=O)N1Cc1ccc(F)cc1. The molecule has 36 heavy (non-hydrogen) atoms. The Labute approximate surface area is 213 Å². The molecule has 1 N–H and O–H groups in total. The van der Waals surface area contributed by atoms with Gasteiger partial charge in [0.2, 0.25) is 11.8 Å². The van der Waals surface area contributed by atoms with Crippen LogP contribution in [0.15, 0.2) is 96.0 Å². The third-order valence-electron chi connectivity index (χ3n) is 6.01. The molecular formula is C29H24FN3O2S. The molecule has 5 nitrogen and oxygen atoms in total. The highest BCUT2D eigenvalue weighted by Gasteiger charge is 2.39. The molecule has 1 unspecified atom stereocenters. The highest BCUT2D eigenvalue weighted by molar-refractivity contribution is 8.15. The number of nitrogens with zero attached hydrogens (tertiary/aromatic N) is 2. The van der Waals surface area contributed by atoms with Crippen LogP contribution in [0.5, 0.6) is 0 Å². The molecule has 0 spiro atoms. The summed E-state index contributed by atoms with van der Waals surface area (Å²) >= 11 is 1.29. The molecule has 4 aromatic carbocycles. The summed E-state index contributed by atoms with van der Waals surface area (Å²) in [6, 6.07) is 27.4. The largest absolute Gasteiger partial charge is 0.326 e. The Morgan fingerprint density at radius 3 is 2.47 bits per heavy atom. The van der Waals surface area contributed by atoms with E-state index in [1.165, 1.54) is 23.9 Å². The maximum atomic E-state index is 13.4. The zero-order chi connectivity index (χ0) is 25.1. The van der Waals surface area contributed by atoms with Gasteiger partial charge in [-0.15, -0.1) is 0 Å². The minimum Gasteiger partial charge on any atom is -0.326 e. The van der Waals surface area contributed by atoms with Crippen molar-refractivity contribution >= 4 is 50.9 Å².